The molecular formula is C19H23N3O4S. The third-order valence-corrected chi connectivity index (χ3v) is 6.02. The van der Waals surface area contributed by atoms with Crippen molar-refractivity contribution in [1.82, 2.24) is 14.8 Å². The van der Waals surface area contributed by atoms with Crippen LogP contribution in [0.4, 0.5) is 0 Å². The lowest BCUT2D eigenvalue weighted by Crippen LogP contribution is -2.43. The van der Waals surface area contributed by atoms with Crippen molar-refractivity contribution in [2.45, 2.75) is 19.8 Å². The van der Waals surface area contributed by atoms with Crippen molar-refractivity contribution in [2.24, 2.45) is 5.92 Å². The summed E-state index contributed by atoms with van der Waals surface area (Å²) >= 11 is 0. The SMILES string of the molecule is Cc1cc(C(=O)NCC2CCCN(S(=O)(=O)C=Cc3ccccc3)C2)no1. The van der Waals surface area contributed by atoms with Gasteiger partial charge in [0.15, 0.2) is 5.69 Å². The first-order valence-corrected chi connectivity index (χ1v) is 10.4. The molecule has 0 spiro atoms. The lowest BCUT2D eigenvalue weighted by Gasteiger charge is -2.31. The lowest BCUT2D eigenvalue weighted by atomic mass is 10.00. The fourth-order valence-corrected chi connectivity index (χ4v) is 4.34. The van der Waals surface area contributed by atoms with Crippen LogP contribution in [0.3, 0.4) is 0 Å². The second kappa shape index (κ2) is 8.49. The number of benzene rings is 1. The van der Waals surface area contributed by atoms with Gasteiger partial charge in [0.1, 0.15) is 5.76 Å². The summed E-state index contributed by atoms with van der Waals surface area (Å²) in [4.78, 5) is 12.1. The Morgan fingerprint density at radius 1 is 1.37 bits per heavy atom. The van der Waals surface area contributed by atoms with Gasteiger partial charge in [0.25, 0.3) is 5.91 Å². The maximum Gasteiger partial charge on any atom is 0.273 e. The molecule has 0 radical (unpaired) electrons. The number of nitrogens with zero attached hydrogens (tertiary/aromatic N) is 2. The quantitative estimate of drug-likeness (QED) is 0.819. The number of aryl methyl sites for hydroxylation is 1. The van der Waals surface area contributed by atoms with Gasteiger partial charge >= 0.3 is 0 Å². The van der Waals surface area contributed by atoms with E-state index in [0.29, 0.717) is 25.4 Å². The smallest absolute Gasteiger partial charge is 0.273 e. The van der Waals surface area contributed by atoms with Crippen molar-refractivity contribution in [1.29, 1.82) is 0 Å². The Morgan fingerprint density at radius 3 is 2.85 bits per heavy atom. The van der Waals surface area contributed by atoms with Crippen molar-refractivity contribution in [3.05, 3.63) is 58.8 Å². The molecule has 1 atom stereocenters. The van der Waals surface area contributed by atoms with Gasteiger partial charge in [-0.3, -0.25) is 4.79 Å². The summed E-state index contributed by atoms with van der Waals surface area (Å²) < 4.78 is 31.6. The van der Waals surface area contributed by atoms with Crippen molar-refractivity contribution in [2.75, 3.05) is 19.6 Å². The minimum atomic E-state index is -3.49. The summed E-state index contributed by atoms with van der Waals surface area (Å²) in [5.41, 5.74) is 1.07. The molecule has 0 bridgehead atoms. The number of rotatable bonds is 6. The van der Waals surface area contributed by atoms with Crippen LogP contribution >= 0.6 is 0 Å². The molecule has 1 amide bonds. The van der Waals surface area contributed by atoms with E-state index >= 15 is 0 Å². The van der Waals surface area contributed by atoms with E-state index in [1.165, 1.54) is 9.71 Å². The molecule has 144 valence electrons. The highest BCUT2D eigenvalue weighted by Gasteiger charge is 2.27. The summed E-state index contributed by atoms with van der Waals surface area (Å²) in [5.74, 6) is 0.326. The molecule has 3 rings (SSSR count). The number of amides is 1. The first kappa shape index (κ1) is 19.3. The number of carbonyl (C=O) groups is 1. The highest BCUT2D eigenvalue weighted by molar-refractivity contribution is 7.92. The van der Waals surface area contributed by atoms with Gasteiger partial charge in [-0.2, -0.15) is 4.31 Å². The standard InChI is InChI=1S/C19H23N3O4S/c1-15-12-18(21-26-15)19(23)20-13-17-8-5-10-22(14-17)27(24,25)11-9-16-6-3-2-4-7-16/h2-4,6-7,9,11-12,17H,5,8,10,13-14H2,1H3,(H,20,23). The molecule has 0 aliphatic carbocycles. The van der Waals surface area contributed by atoms with E-state index in [0.717, 1.165) is 18.4 Å². The van der Waals surface area contributed by atoms with E-state index in [2.05, 4.69) is 10.5 Å². The first-order chi connectivity index (χ1) is 12.9. The highest BCUT2D eigenvalue weighted by atomic mass is 32.2. The Hall–Kier alpha value is -2.45. The molecule has 27 heavy (non-hydrogen) atoms. The van der Waals surface area contributed by atoms with Gasteiger partial charge in [-0.25, -0.2) is 8.42 Å². The summed E-state index contributed by atoms with van der Waals surface area (Å²) in [6.45, 7) is 3.00. The molecule has 1 saturated heterocycles. The van der Waals surface area contributed by atoms with Crippen LogP contribution in [0.1, 0.15) is 34.7 Å². The van der Waals surface area contributed by atoms with Gasteiger partial charge in [0.2, 0.25) is 10.0 Å². The average molecular weight is 389 g/mol. The average Bonchev–Trinajstić information content (AvgIpc) is 3.12. The number of hydrogen-bond acceptors (Lipinski definition) is 5. The van der Waals surface area contributed by atoms with Crippen LogP contribution in [-0.2, 0) is 10.0 Å². The lowest BCUT2D eigenvalue weighted by molar-refractivity contribution is 0.0932. The molecule has 1 aliphatic heterocycles. The number of nitrogens with one attached hydrogen (secondary N) is 1. The Labute approximate surface area is 159 Å². The zero-order valence-corrected chi connectivity index (χ0v) is 16.0. The zero-order chi connectivity index (χ0) is 19.3. The van der Waals surface area contributed by atoms with E-state index in [9.17, 15) is 13.2 Å². The van der Waals surface area contributed by atoms with Gasteiger partial charge < -0.3 is 9.84 Å². The Kier molecular flexibility index (Phi) is 6.08. The second-order valence-corrected chi connectivity index (χ2v) is 8.48. The molecule has 7 nitrogen and oxygen atoms in total. The van der Waals surface area contributed by atoms with Crippen LogP contribution in [0.15, 0.2) is 46.3 Å². The molecule has 2 heterocycles. The van der Waals surface area contributed by atoms with Crippen LogP contribution in [0.5, 0.6) is 0 Å². The van der Waals surface area contributed by atoms with E-state index < -0.39 is 10.0 Å². The van der Waals surface area contributed by atoms with Gasteiger partial charge in [-0.05, 0) is 37.3 Å². The Balaban J connectivity index is 1.56. The fraction of sp³-hybridized carbons (Fsp3) is 0.368. The van der Waals surface area contributed by atoms with E-state index in [1.807, 2.05) is 30.3 Å². The van der Waals surface area contributed by atoms with Gasteiger partial charge in [-0.1, -0.05) is 35.5 Å². The third kappa shape index (κ3) is 5.27. The van der Waals surface area contributed by atoms with E-state index in [-0.39, 0.29) is 17.5 Å². The number of piperidine rings is 1. The Bertz CT molecular complexity index is 906. The minimum absolute atomic E-state index is 0.0654. The van der Waals surface area contributed by atoms with Crippen molar-refractivity contribution in [3.8, 4) is 0 Å². The molecule has 1 fully saturated rings. The summed E-state index contributed by atoms with van der Waals surface area (Å²) in [6.07, 6.45) is 3.24. The first-order valence-electron chi connectivity index (χ1n) is 8.89. The summed E-state index contributed by atoms with van der Waals surface area (Å²) in [5, 5.41) is 7.75. The number of hydrogen-bond donors (Lipinski definition) is 1. The number of carbonyl (C=O) groups excluding carboxylic acids is 1. The largest absolute Gasteiger partial charge is 0.361 e. The molecule has 1 unspecified atom stereocenters. The van der Waals surface area contributed by atoms with Crippen molar-refractivity contribution < 1.29 is 17.7 Å². The third-order valence-electron chi connectivity index (χ3n) is 4.49. The zero-order valence-electron chi connectivity index (χ0n) is 15.2. The molecule has 1 aromatic heterocycles. The maximum atomic E-state index is 12.6. The predicted molar refractivity (Wildman–Crippen MR) is 102 cm³/mol. The fourth-order valence-electron chi connectivity index (χ4n) is 3.04. The van der Waals surface area contributed by atoms with Crippen molar-refractivity contribution >= 4 is 22.0 Å². The monoisotopic (exact) mass is 389 g/mol. The van der Waals surface area contributed by atoms with Crippen LogP contribution < -0.4 is 5.32 Å². The predicted octanol–water partition coefficient (Wildman–Crippen LogP) is 2.43. The topological polar surface area (TPSA) is 92.5 Å². The number of aromatic nitrogens is 1. The van der Waals surface area contributed by atoms with Gasteiger partial charge in [-0.15, -0.1) is 0 Å². The summed E-state index contributed by atoms with van der Waals surface area (Å²) in [7, 11) is -3.49. The minimum Gasteiger partial charge on any atom is -0.361 e. The van der Waals surface area contributed by atoms with Crippen LogP contribution in [0, 0.1) is 12.8 Å². The maximum absolute atomic E-state index is 12.6. The van der Waals surface area contributed by atoms with Crippen molar-refractivity contribution in [3.63, 3.8) is 0 Å². The van der Waals surface area contributed by atoms with Crippen LogP contribution in [0.2, 0.25) is 0 Å². The Morgan fingerprint density at radius 2 is 2.15 bits per heavy atom. The molecule has 1 aliphatic rings. The normalized spacial score (nSPS) is 18.6. The molecular weight excluding hydrogens is 366 g/mol. The van der Waals surface area contributed by atoms with Crippen LogP contribution in [0.25, 0.3) is 6.08 Å². The molecule has 8 heteroatoms. The number of sulfonamides is 1. The second-order valence-electron chi connectivity index (χ2n) is 6.66. The van der Waals surface area contributed by atoms with E-state index in [4.69, 9.17) is 4.52 Å². The van der Waals surface area contributed by atoms with Gasteiger partial charge in [0.05, 0.1) is 0 Å². The van der Waals surface area contributed by atoms with Crippen LogP contribution in [-0.4, -0.2) is 43.4 Å². The molecule has 1 N–H and O–H groups in total. The molecule has 1 aromatic carbocycles. The highest BCUT2D eigenvalue weighted by Crippen LogP contribution is 2.20. The molecule has 2 aromatic rings. The summed E-state index contributed by atoms with van der Waals surface area (Å²) in [6, 6.07) is 10.9. The molecule has 0 saturated carbocycles. The van der Waals surface area contributed by atoms with Gasteiger partial charge in [0, 0.05) is 31.1 Å². The van der Waals surface area contributed by atoms with E-state index in [1.54, 1.807) is 19.1 Å².